The largest absolute Gasteiger partial charge is 0.507 e. The molecular formula is C21H29N3O3. The Labute approximate surface area is 160 Å². The Morgan fingerprint density at radius 1 is 1.22 bits per heavy atom. The highest BCUT2D eigenvalue weighted by molar-refractivity contribution is 5.95. The monoisotopic (exact) mass is 371 g/mol. The van der Waals surface area contributed by atoms with Crippen LogP contribution in [-0.4, -0.2) is 42.3 Å². The summed E-state index contributed by atoms with van der Waals surface area (Å²) in [7, 11) is 2.08. The summed E-state index contributed by atoms with van der Waals surface area (Å²) in [4.78, 5) is 13.5. The maximum Gasteiger partial charge on any atom is 0.252 e. The zero-order chi connectivity index (χ0) is 19.8. The van der Waals surface area contributed by atoms with Gasteiger partial charge >= 0.3 is 0 Å². The lowest BCUT2D eigenvalue weighted by Crippen LogP contribution is -2.31. The zero-order valence-electron chi connectivity index (χ0n) is 15.9. The predicted octanol–water partition coefficient (Wildman–Crippen LogP) is 2.42. The number of hydrogen-bond donors (Lipinski definition) is 4. The number of rotatable bonds is 10. The number of hydrogen-bond acceptors (Lipinski definition) is 5. The lowest BCUT2D eigenvalue weighted by Gasteiger charge is -2.21. The van der Waals surface area contributed by atoms with E-state index in [0.717, 1.165) is 19.4 Å². The Bertz CT molecular complexity index is 737. The average Bonchev–Trinajstić information content (AvgIpc) is 2.66. The van der Waals surface area contributed by atoms with E-state index in [1.807, 2.05) is 18.2 Å². The maximum absolute atomic E-state index is 11.3. The van der Waals surface area contributed by atoms with E-state index in [0.29, 0.717) is 12.1 Å². The first-order valence-corrected chi connectivity index (χ1v) is 9.19. The molecule has 146 valence electrons. The molecule has 6 nitrogen and oxygen atoms in total. The fourth-order valence-electron chi connectivity index (χ4n) is 2.94. The minimum Gasteiger partial charge on any atom is -0.507 e. The van der Waals surface area contributed by atoms with Crippen molar-refractivity contribution in [2.75, 3.05) is 25.0 Å². The number of amides is 1. The third kappa shape index (κ3) is 6.27. The normalized spacial score (nSPS) is 13.1. The van der Waals surface area contributed by atoms with Gasteiger partial charge in [0.15, 0.2) is 0 Å². The molecule has 0 heterocycles. The quantitative estimate of drug-likeness (QED) is 0.514. The SMILES string of the molecule is CC(CCCN(C)c1ccccc1)NCC(O)c1ccc(O)c(C(N)=O)c1. The molecular weight excluding hydrogens is 342 g/mol. The predicted molar refractivity (Wildman–Crippen MR) is 108 cm³/mol. The summed E-state index contributed by atoms with van der Waals surface area (Å²) in [5.74, 6) is -0.896. The average molecular weight is 371 g/mol. The number of aliphatic hydroxyl groups is 1. The van der Waals surface area contributed by atoms with Crippen LogP contribution in [0.2, 0.25) is 0 Å². The lowest BCUT2D eigenvalue weighted by molar-refractivity contribution is 0.0997. The van der Waals surface area contributed by atoms with Gasteiger partial charge in [-0.05, 0) is 49.6 Å². The summed E-state index contributed by atoms with van der Waals surface area (Å²) in [6.45, 7) is 3.40. The first-order valence-electron chi connectivity index (χ1n) is 9.19. The van der Waals surface area contributed by atoms with Crippen LogP contribution in [0.5, 0.6) is 5.75 Å². The summed E-state index contributed by atoms with van der Waals surface area (Å²) >= 11 is 0. The molecule has 6 heteroatoms. The molecule has 2 aromatic carbocycles. The molecule has 2 rings (SSSR count). The van der Waals surface area contributed by atoms with Gasteiger partial charge in [0.25, 0.3) is 5.91 Å². The highest BCUT2D eigenvalue weighted by Gasteiger charge is 2.14. The summed E-state index contributed by atoms with van der Waals surface area (Å²) in [6.07, 6.45) is 1.23. The van der Waals surface area contributed by atoms with Crippen LogP contribution in [-0.2, 0) is 0 Å². The topological polar surface area (TPSA) is 98.8 Å². The van der Waals surface area contributed by atoms with Gasteiger partial charge in [-0.3, -0.25) is 4.79 Å². The minimum absolute atomic E-state index is 0.0172. The van der Waals surface area contributed by atoms with E-state index in [2.05, 4.69) is 36.3 Å². The van der Waals surface area contributed by atoms with E-state index in [1.54, 1.807) is 6.07 Å². The minimum atomic E-state index is -0.779. The highest BCUT2D eigenvalue weighted by Crippen LogP contribution is 2.22. The second-order valence-corrected chi connectivity index (χ2v) is 6.87. The summed E-state index contributed by atoms with van der Waals surface area (Å²) < 4.78 is 0. The van der Waals surface area contributed by atoms with Crippen LogP contribution < -0.4 is 16.0 Å². The van der Waals surface area contributed by atoms with Crippen molar-refractivity contribution in [3.63, 3.8) is 0 Å². The van der Waals surface area contributed by atoms with Gasteiger partial charge < -0.3 is 26.2 Å². The van der Waals surface area contributed by atoms with E-state index in [4.69, 9.17) is 5.73 Å². The molecule has 0 saturated heterocycles. The number of aromatic hydroxyl groups is 1. The van der Waals surface area contributed by atoms with Gasteiger partial charge in [0, 0.05) is 31.9 Å². The van der Waals surface area contributed by atoms with Crippen LogP contribution in [0, 0.1) is 0 Å². The van der Waals surface area contributed by atoms with Gasteiger partial charge in [0.1, 0.15) is 5.75 Å². The Morgan fingerprint density at radius 3 is 2.59 bits per heavy atom. The summed E-state index contributed by atoms with van der Waals surface area (Å²) in [6, 6.07) is 14.9. The Kier molecular flexibility index (Phi) is 7.64. The number of carbonyl (C=O) groups excluding carboxylic acids is 1. The van der Waals surface area contributed by atoms with Crippen molar-refractivity contribution in [2.45, 2.75) is 31.9 Å². The molecule has 0 bridgehead atoms. The molecule has 2 unspecified atom stereocenters. The first-order chi connectivity index (χ1) is 12.9. The molecule has 0 radical (unpaired) electrons. The molecule has 1 amide bonds. The number of primary amides is 1. The number of nitrogens with two attached hydrogens (primary N) is 1. The van der Waals surface area contributed by atoms with E-state index < -0.39 is 12.0 Å². The van der Waals surface area contributed by atoms with Gasteiger partial charge in [0.05, 0.1) is 11.7 Å². The number of para-hydroxylation sites is 1. The van der Waals surface area contributed by atoms with E-state index >= 15 is 0 Å². The number of nitrogens with one attached hydrogen (secondary N) is 1. The highest BCUT2D eigenvalue weighted by atomic mass is 16.3. The standard InChI is InChI=1S/C21H29N3O3/c1-15(7-6-12-24(2)17-8-4-3-5-9-17)23-14-20(26)16-10-11-19(25)18(13-16)21(22)27/h3-5,8-11,13,15,20,23,25-26H,6-7,12,14H2,1-2H3,(H2,22,27). The number of nitrogens with zero attached hydrogens (tertiary/aromatic N) is 1. The molecule has 0 fully saturated rings. The van der Waals surface area contributed by atoms with Gasteiger partial charge in [-0.25, -0.2) is 0 Å². The zero-order valence-corrected chi connectivity index (χ0v) is 15.9. The van der Waals surface area contributed by atoms with Crippen molar-refractivity contribution in [1.29, 1.82) is 0 Å². The number of benzene rings is 2. The van der Waals surface area contributed by atoms with Crippen molar-refractivity contribution in [3.05, 3.63) is 59.7 Å². The Hall–Kier alpha value is -2.57. The van der Waals surface area contributed by atoms with Crippen molar-refractivity contribution in [2.24, 2.45) is 5.73 Å². The third-order valence-corrected chi connectivity index (χ3v) is 4.66. The van der Waals surface area contributed by atoms with Crippen molar-refractivity contribution in [3.8, 4) is 5.75 Å². The van der Waals surface area contributed by atoms with Crippen LogP contribution in [0.4, 0.5) is 5.69 Å². The fraction of sp³-hybridized carbons (Fsp3) is 0.381. The second-order valence-electron chi connectivity index (χ2n) is 6.87. The number of anilines is 1. The van der Waals surface area contributed by atoms with Crippen LogP contribution in [0.15, 0.2) is 48.5 Å². The Morgan fingerprint density at radius 2 is 1.93 bits per heavy atom. The molecule has 5 N–H and O–H groups in total. The number of aliphatic hydroxyl groups excluding tert-OH is 1. The number of carbonyl (C=O) groups is 1. The van der Waals surface area contributed by atoms with E-state index in [1.165, 1.54) is 17.8 Å². The van der Waals surface area contributed by atoms with Crippen molar-refractivity contribution in [1.82, 2.24) is 5.32 Å². The molecule has 0 aliphatic carbocycles. The maximum atomic E-state index is 11.3. The van der Waals surface area contributed by atoms with Crippen LogP contribution in [0.3, 0.4) is 0 Å². The fourth-order valence-corrected chi connectivity index (χ4v) is 2.94. The molecule has 2 atom stereocenters. The van der Waals surface area contributed by atoms with Crippen LogP contribution in [0.25, 0.3) is 0 Å². The van der Waals surface area contributed by atoms with Gasteiger partial charge in [-0.15, -0.1) is 0 Å². The van der Waals surface area contributed by atoms with Crippen LogP contribution >= 0.6 is 0 Å². The molecule has 0 aliphatic rings. The van der Waals surface area contributed by atoms with E-state index in [-0.39, 0.29) is 17.4 Å². The van der Waals surface area contributed by atoms with Gasteiger partial charge in [0.2, 0.25) is 0 Å². The van der Waals surface area contributed by atoms with Gasteiger partial charge in [-0.1, -0.05) is 24.3 Å². The molecule has 0 aliphatic heterocycles. The molecule has 2 aromatic rings. The second kappa shape index (κ2) is 9.94. The number of phenols is 1. The van der Waals surface area contributed by atoms with Crippen molar-refractivity contribution < 1.29 is 15.0 Å². The van der Waals surface area contributed by atoms with Crippen molar-refractivity contribution >= 4 is 11.6 Å². The smallest absolute Gasteiger partial charge is 0.252 e. The summed E-state index contributed by atoms with van der Waals surface area (Å²) in [5.41, 5.74) is 6.99. The molecule has 0 aromatic heterocycles. The summed E-state index contributed by atoms with van der Waals surface area (Å²) in [5, 5.41) is 23.3. The van der Waals surface area contributed by atoms with E-state index in [9.17, 15) is 15.0 Å². The first kappa shape index (κ1) is 20.7. The molecule has 0 spiro atoms. The molecule has 0 saturated carbocycles. The lowest BCUT2D eigenvalue weighted by atomic mass is 10.0. The molecule has 27 heavy (non-hydrogen) atoms. The third-order valence-electron chi connectivity index (χ3n) is 4.66. The van der Waals surface area contributed by atoms with Crippen LogP contribution in [0.1, 0.15) is 41.8 Å². The van der Waals surface area contributed by atoms with Gasteiger partial charge in [-0.2, -0.15) is 0 Å². The Balaban J connectivity index is 1.75.